The van der Waals surface area contributed by atoms with Gasteiger partial charge in [0.1, 0.15) is 0 Å². The second kappa shape index (κ2) is 1.87. The quantitative estimate of drug-likeness (QED) is 0.488. The van der Waals surface area contributed by atoms with E-state index in [0.717, 1.165) is 0 Å². The molecule has 0 bridgehead atoms. The molecule has 0 spiro atoms. The summed E-state index contributed by atoms with van der Waals surface area (Å²) in [7, 11) is 0. The Kier molecular flexibility index (Phi) is 1.47. The molecule has 1 rings (SSSR count). The van der Waals surface area contributed by atoms with Crippen LogP contribution in [0.15, 0.2) is 12.7 Å². The Bertz CT molecular complexity index is 137. The molecule has 58 valence electrons. The Balaban J connectivity index is 2.73. The van der Waals surface area contributed by atoms with E-state index in [0.29, 0.717) is 16.7 Å². The van der Waals surface area contributed by atoms with E-state index in [1.54, 1.807) is 0 Å². The van der Waals surface area contributed by atoms with Gasteiger partial charge in [-0.2, -0.15) is 0 Å². The molecule has 0 aromatic carbocycles. The highest BCUT2D eigenvalue weighted by Crippen LogP contribution is 2.59. The maximum atomic E-state index is 3.87. The van der Waals surface area contributed by atoms with Crippen molar-refractivity contribution < 1.29 is 0 Å². The first-order chi connectivity index (χ1) is 4.40. The highest BCUT2D eigenvalue weighted by atomic mass is 14.5. The van der Waals surface area contributed by atoms with Crippen LogP contribution in [0.3, 0.4) is 0 Å². The summed E-state index contributed by atoms with van der Waals surface area (Å²) in [5.41, 5.74) is 1.01. The third kappa shape index (κ3) is 0.902. The van der Waals surface area contributed by atoms with Crippen molar-refractivity contribution in [2.45, 2.75) is 34.1 Å². The van der Waals surface area contributed by atoms with Crippen molar-refractivity contribution in [1.29, 1.82) is 0 Å². The van der Waals surface area contributed by atoms with Crippen molar-refractivity contribution in [3.63, 3.8) is 0 Å². The molecule has 0 heterocycles. The SMILES string of the molecule is C=CC1C(C)(C)CC1(C)C. The van der Waals surface area contributed by atoms with Gasteiger partial charge >= 0.3 is 0 Å². The molecule has 10 heavy (non-hydrogen) atoms. The van der Waals surface area contributed by atoms with Gasteiger partial charge in [0.25, 0.3) is 0 Å². The van der Waals surface area contributed by atoms with E-state index in [2.05, 4.69) is 40.3 Å². The zero-order chi connectivity index (χ0) is 7.99. The van der Waals surface area contributed by atoms with Gasteiger partial charge in [-0.1, -0.05) is 33.8 Å². The second-order valence-electron chi connectivity index (χ2n) is 4.87. The summed E-state index contributed by atoms with van der Waals surface area (Å²) in [4.78, 5) is 0. The minimum Gasteiger partial charge on any atom is -0.103 e. The molecule has 0 unspecified atom stereocenters. The highest BCUT2D eigenvalue weighted by molar-refractivity contribution is 5.08. The predicted octanol–water partition coefficient (Wildman–Crippen LogP) is 3.24. The lowest BCUT2D eigenvalue weighted by molar-refractivity contribution is -0.0466. The lowest BCUT2D eigenvalue weighted by Gasteiger charge is -2.56. The van der Waals surface area contributed by atoms with Crippen molar-refractivity contribution in [1.82, 2.24) is 0 Å². The molecule has 1 aliphatic carbocycles. The largest absolute Gasteiger partial charge is 0.103 e. The van der Waals surface area contributed by atoms with Crippen LogP contribution in [0.1, 0.15) is 34.1 Å². The summed E-state index contributed by atoms with van der Waals surface area (Å²) in [6.45, 7) is 13.2. The van der Waals surface area contributed by atoms with E-state index >= 15 is 0 Å². The smallest absolute Gasteiger partial charge is 0.0133 e. The van der Waals surface area contributed by atoms with Gasteiger partial charge in [-0.15, -0.1) is 6.58 Å². The van der Waals surface area contributed by atoms with E-state index in [1.807, 2.05) is 0 Å². The number of allylic oxidation sites excluding steroid dienone is 1. The fraction of sp³-hybridized carbons (Fsp3) is 0.800. The third-order valence-electron chi connectivity index (χ3n) is 2.83. The first-order valence-corrected chi connectivity index (χ1v) is 4.03. The maximum absolute atomic E-state index is 3.87. The maximum Gasteiger partial charge on any atom is -0.0133 e. The molecule has 1 fully saturated rings. The first kappa shape index (κ1) is 7.84. The van der Waals surface area contributed by atoms with Crippen LogP contribution in [0.5, 0.6) is 0 Å². The molecule has 0 saturated heterocycles. The number of hydrogen-bond donors (Lipinski definition) is 0. The fourth-order valence-electron chi connectivity index (χ4n) is 2.96. The Hall–Kier alpha value is -0.260. The van der Waals surface area contributed by atoms with E-state index in [-0.39, 0.29) is 0 Å². The topological polar surface area (TPSA) is 0 Å². The Morgan fingerprint density at radius 1 is 1.20 bits per heavy atom. The Morgan fingerprint density at radius 2 is 1.60 bits per heavy atom. The van der Waals surface area contributed by atoms with Gasteiger partial charge < -0.3 is 0 Å². The first-order valence-electron chi connectivity index (χ1n) is 4.03. The van der Waals surface area contributed by atoms with Gasteiger partial charge in [0.2, 0.25) is 0 Å². The van der Waals surface area contributed by atoms with Crippen LogP contribution in [0, 0.1) is 16.7 Å². The van der Waals surface area contributed by atoms with E-state index < -0.39 is 0 Å². The third-order valence-corrected chi connectivity index (χ3v) is 2.83. The normalized spacial score (nSPS) is 29.2. The van der Waals surface area contributed by atoms with Gasteiger partial charge in [-0.3, -0.25) is 0 Å². The van der Waals surface area contributed by atoms with Crippen LogP contribution < -0.4 is 0 Å². The lowest BCUT2D eigenvalue weighted by Crippen LogP contribution is -2.48. The average Bonchev–Trinajstić information content (AvgIpc) is 1.59. The molecule has 0 aliphatic heterocycles. The van der Waals surface area contributed by atoms with Crippen molar-refractivity contribution in [2.24, 2.45) is 16.7 Å². The van der Waals surface area contributed by atoms with Crippen molar-refractivity contribution >= 4 is 0 Å². The van der Waals surface area contributed by atoms with Crippen LogP contribution in [-0.4, -0.2) is 0 Å². The zero-order valence-electron chi connectivity index (χ0n) is 7.57. The molecule has 0 N–H and O–H groups in total. The minimum atomic E-state index is 0.505. The fourth-order valence-corrected chi connectivity index (χ4v) is 2.96. The summed E-state index contributed by atoms with van der Waals surface area (Å²) in [5, 5.41) is 0. The van der Waals surface area contributed by atoms with Crippen molar-refractivity contribution in [3.8, 4) is 0 Å². The van der Waals surface area contributed by atoms with Crippen molar-refractivity contribution in [2.75, 3.05) is 0 Å². The molecule has 0 radical (unpaired) electrons. The standard InChI is InChI=1S/C10H18/c1-6-8-9(2,3)7-10(8,4)5/h6,8H,1,7H2,2-5H3. The van der Waals surface area contributed by atoms with Crippen LogP contribution >= 0.6 is 0 Å². The molecule has 0 nitrogen and oxygen atoms in total. The van der Waals surface area contributed by atoms with Crippen LogP contribution in [0.2, 0.25) is 0 Å². The second-order valence-corrected chi connectivity index (χ2v) is 4.87. The highest BCUT2D eigenvalue weighted by Gasteiger charge is 2.50. The van der Waals surface area contributed by atoms with Gasteiger partial charge in [0.15, 0.2) is 0 Å². The van der Waals surface area contributed by atoms with Gasteiger partial charge in [0.05, 0.1) is 0 Å². The number of hydrogen-bond acceptors (Lipinski definition) is 0. The Labute approximate surface area is 64.3 Å². The van der Waals surface area contributed by atoms with Crippen molar-refractivity contribution in [3.05, 3.63) is 12.7 Å². The molecule has 0 aromatic rings. The van der Waals surface area contributed by atoms with E-state index in [1.165, 1.54) is 6.42 Å². The molecule has 0 atom stereocenters. The van der Waals surface area contributed by atoms with Crippen LogP contribution in [0.4, 0.5) is 0 Å². The molecular weight excluding hydrogens is 120 g/mol. The average molecular weight is 138 g/mol. The Morgan fingerprint density at radius 3 is 1.70 bits per heavy atom. The number of rotatable bonds is 1. The summed E-state index contributed by atoms with van der Waals surface area (Å²) in [6.07, 6.45) is 3.44. The van der Waals surface area contributed by atoms with Gasteiger partial charge in [0, 0.05) is 0 Å². The summed E-state index contributed by atoms with van der Waals surface area (Å²) in [6, 6.07) is 0. The summed E-state index contributed by atoms with van der Waals surface area (Å²) >= 11 is 0. The van der Waals surface area contributed by atoms with Crippen LogP contribution in [-0.2, 0) is 0 Å². The van der Waals surface area contributed by atoms with Gasteiger partial charge in [-0.25, -0.2) is 0 Å². The molecule has 0 heteroatoms. The molecule has 1 saturated carbocycles. The van der Waals surface area contributed by atoms with Gasteiger partial charge in [-0.05, 0) is 23.2 Å². The summed E-state index contributed by atoms with van der Waals surface area (Å²) in [5.74, 6) is 0.708. The molecular formula is C10H18. The van der Waals surface area contributed by atoms with Crippen LogP contribution in [0.25, 0.3) is 0 Å². The van der Waals surface area contributed by atoms with E-state index in [9.17, 15) is 0 Å². The molecule has 0 amide bonds. The lowest BCUT2D eigenvalue weighted by atomic mass is 9.48. The molecule has 1 aliphatic rings. The monoisotopic (exact) mass is 138 g/mol. The minimum absolute atomic E-state index is 0.505. The van der Waals surface area contributed by atoms with E-state index in [4.69, 9.17) is 0 Å². The summed E-state index contributed by atoms with van der Waals surface area (Å²) < 4.78 is 0. The predicted molar refractivity (Wildman–Crippen MR) is 45.9 cm³/mol. The molecule has 0 aromatic heterocycles. The zero-order valence-corrected chi connectivity index (χ0v) is 7.57.